The van der Waals surface area contributed by atoms with Crippen LogP contribution >= 0.6 is 11.3 Å². The fourth-order valence-corrected chi connectivity index (χ4v) is 3.87. The Morgan fingerprint density at radius 1 is 1.50 bits per heavy atom. The number of aromatic nitrogens is 2. The molecule has 6 nitrogen and oxygen atoms in total. The molecule has 1 N–H and O–H groups in total. The van der Waals surface area contributed by atoms with Crippen molar-refractivity contribution >= 4 is 23.1 Å². The number of hydrogen-bond donors (Lipinski definition) is 1. The van der Waals surface area contributed by atoms with E-state index in [1.165, 1.54) is 11.3 Å². The minimum Gasteiger partial charge on any atom is -0.386 e. The molecule has 0 spiro atoms. The van der Waals surface area contributed by atoms with E-state index in [4.69, 9.17) is 0 Å². The minimum absolute atomic E-state index is 0.0478. The van der Waals surface area contributed by atoms with Gasteiger partial charge in [0.25, 0.3) is 5.91 Å². The van der Waals surface area contributed by atoms with Gasteiger partial charge < -0.3 is 14.9 Å². The van der Waals surface area contributed by atoms with Gasteiger partial charge in [-0.3, -0.25) is 4.79 Å². The second-order valence-electron chi connectivity index (χ2n) is 6.41. The maximum atomic E-state index is 12.4. The van der Waals surface area contributed by atoms with Crippen LogP contribution in [0.5, 0.6) is 0 Å². The van der Waals surface area contributed by atoms with Crippen molar-refractivity contribution in [3.8, 4) is 0 Å². The predicted octanol–water partition coefficient (Wildman–Crippen LogP) is 1.95. The number of carbonyl (C=O) groups is 1. The van der Waals surface area contributed by atoms with Crippen molar-refractivity contribution in [1.29, 1.82) is 0 Å². The summed E-state index contributed by atoms with van der Waals surface area (Å²) in [5.74, 6) is 0.779. The zero-order valence-corrected chi connectivity index (χ0v) is 14.8. The van der Waals surface area contributed by atoms with E-state index in [0.29, 0.717) is 24.4 Å². The van der Waals surface area contributed by atoms with Gasteiger partial charge in [-0.25, -0.2) is 9.97 Å². The fraction of sp³-hybridized carbons (Fsp3) is 0.471. The van der Waals surface area contributed by atoms with Gasteiger partial charge in [0, 0.05) is 31.9 Å². The number of likely N-dealkylation sites (N-methyl/N-ethyl adjacent to an activating group) is 1. The molecule has 1 saturated heterocycles. The predicted molar refractivity (Wildman–Crippen MR) is 94.4 cm³/mol. The molecule has 0 aliphatic carbocycles. The number of anilines is 1. The van der Waals surface area contributed by atoms with E-state index in [0.717, 1.165) is 24.5 Å². The van der Waals surface area contributed by atoms with Crippen molar-refractivity contribution in [3.63, 3.8) is 0 Å². The normalized spacial score (nSPS) is 20.9. The third-order valence-electron chi connectivity index (χ3n) is 4.28. The molecule has 1 aliphatic heterocycles. The van der Waals surface area contributed by atoms with Crippen molar-refractivity contribution in [1.82, 2.24) is 14.9 Å². The second-order valence-corrected chi connectivity index (χ2v) is 7.35. The van der Waals surface area contributed by atoms with Crippen LogP contribution in [0.2, 0.25) is 0 Å². The average molecular weight is 346 g/mol. The summed E-state index contributed by atoms with van der Waals surface area (Å²) in [6.45, 7) is 3.55. The summed E-state index contributed by atoms with van der Waals surface area (Å²) in [6.07, 6.45) is 3.08. The number of nitrogens with zero attached hydrogens (tertiary/aromatic N) is 4. The van der Waals surface area contributed by atoms with E-state index in [1.807, 2.05) is 30.5 Å². The first-order chi connectivity index (χ1) is 11.5. The maximum Gasteiger partial charge on any atom is 0.263 e. The minimum atomic E-state index is -0.932. The standard InChI is InChI=1S/C17H22N4O2S/c1-13-9-15(19-12-18-13)21-7-4-6-17(23,11-21)10-20(2)16(22)14-5-3-8-24-14/h3,5,8-9,12,23H,4,6-7,10-11H2,1-2H3/t17-/m0/s1. The molecule has 24 heavy (non-hydrogen) atoms. The van der Waals surface area contributed by atoms with E-state index in [-0.39, 0.29) is 5.91 Å². The summed E-state index contributed by atoms with van der Waals surface area (Å²) in [5, 5.41) is 12.9. The first-order valence-corrected chi connectivity index (χ1v) is 8.90. The highest BCUT2D eigenvalue weighted by atomic mass is 32.1. The number of thiophene rings is 1. The molecule has 1 aliphatic rings. The Bertz CT molecular complexity index is 706. The highest BCUT2D eigenvalue weighted by molar-refractivity contribution is 7.12. The highest BCUT2D eigenvalue weighted by Crippen LogP contribution is 2.26. The summed E-state index contributed by atoms with van der Waals surface area (Å²) in [6, 6.07) is 5.59. The summed E-state index contributed by atoms with van der Waals surface area (Å²) in [4.78, 5) is 25.2. The number of piperidine rings is 1. The maximum absolute atomic E-state index is 12.4. The van der Waals surface area contributed by atoms with E-state index in [1.54, 1.807) is 18.3 Å². The molecular formula is C17H22N4O2S. The van der Waals surface area contributed by atoms with Gasteiger partial charge in [0.2, 0.25) is 0 Å². The van der Waals surface area contributed by atoms with Crippen LogP contribution in [0.25, 0.3) is 0 Å². The van der Waals surface area contributed by atoms with Gasteiger partial charge in [0.1, 0.15) is 12.1 Å². The Kier molecular flexibility index (Phi) is 4.82. The topological polar surface area (TPSA) is 69.6 Å². The van der Waals surface area contributed by atoms with Crippen LogP contribution in [0, 0.1) is 6.92 Å². The Balaban J connectivity index is 1.69. The number of aliphatic hydroxyl groups is 1. The molecule has 0 saturated carbocycles. The van der Waals surface area contributed by atoms with Gasteiger partial charge in [0.15, 0.2) is 0 Å². The van der Waals surface area contributed by atoms with Crippen molar-refractivity contribution in [2.45, 2.75) is 25.4 Å². The Morgan fingerprint density at radius 2 is 2.33 bits per heavy atom. The van der Waals surface area contributed by atoms with Crippen LogP contribution in [-0.2, 0) is 0 Å². The van der Waals surface area contributed by atoms with E-state index in [9.17, 15) is 9.90 Å². The molecule has 3 heterocycles. The van der Waals surface area contributed by atoms with Crippen LogP contribution in [0.1, 0.15) is 28.2 Å². The van der Waals surface area contributed by atoms with Gasteiger partial charge in [-0.2, -0.15) is 0 Å². The molecule has 2 aromatic rings. The van der Waals surface area contributed by atoms with Crippen molar-refractivity contribution in [2.75, 3.05) is 31.6 Å². The first kappa shape index (κ1) is 16.9. The molecule has 0 aromatic carbocycles. The Hall–Kier alpha value is -1.99. The smallest absolute Gasteiger partial charge is 0.263 e. The average Bonchev–Trinajstić information content (AvgIpc) is 3.08. The SMILES string of the molecule is Cc1cc(N2CCC[C@](O)(CN(C)C(=O)c3cccs3)C2)ncn1. The van der Waals surface area contributed by atoms with Gasteiger partial charge in [-0.1, -0.05) is 6.07 Å². The molecule has 1 atom stereocenters. The summed E-state index contributed by atoms with van der Waals surface area (Å²) >= 11 is 1.42. The van der Waals surface area contributed by atoms with E-state index >= 15 is 0 Å². The lowest BCUT2D eigenvalue weighted by molar-refractivity contribution is -0.0000169. The summed E-state index contributed by atoms with van der Waals surface area (Å²) in [5.41, 5.74) is -0.0298. The number of β-amino-alcohol motifs (C(OH)–C–C–N with tert-alkyl or cyclic N) is 1. The molecular weight excluding hydrogens is 324 g/mol. The molecule has 3 rings (SSSR count). The highest BCUT2D eigenvalue weighted by Gasteiger charge is 2.36. The van der Waals surface area contributed by atoms with Crippen LogP contribution < -0.4 is 4.90 Å². The van der Waals surface area contributed by atoms with E-state index < -0.39 is 5.60 Å². The fourth-order valence-electron chi connectivity index (χ4n) is 3.15. The first-order valence-electron chi connectivity index (χ1n) is 8.02. The molecule has 0 unspecified atom stereocenters. The van der Waals surface area contributed by atoms with Crippen LogP contribution in [-0.4, -0.2) is 58.2 Å². The molecule has 1 amide bonds. The molecule has 128 valence electrons. The lowest BCUT2D eigenvalue weighted by atomic mass is 9.92. The molecule has 0 bridgehead atoms. The monoisotopic (exact) mass is 346 g/mol. The molecule has 7 heteroatoms. The summed E-state index contributed by atoms with van der Waals surface area (Å²) < 4.78 is 0. The number of aryl methyl sites for hydroxylation is 1. The van der Waals surface area contributed by atoms with E-state index in [2.05, 4.69) is 14.9 Å². The number of rotatable bonds is 4. The quantitative estimate of drug-likeness (QED) is 0.916. The van der Waals surface area contributed by atoms with Gasteiger partial charge in [-0.15, -0.1) is 11.3 Å². The zero-order chi connectivity index (χ0) is 17.2. The third kappa shape index (κ3) is 3.73. The third-order valence-corrected chi connectivity index (χ3v) is 5.14. The van der Waals surface area contributed by atoms with Crippen molar-refractivity contribution < 1.29 is 9.90 Å². The van der Waals surface area contributed by atoms with Gasteiger partial charge in [-0.05, 0) is 31.2 Å². The molecule has 1 fully saturated rings. The molecule has 2 aromatic heterocycles. The number of hydrogen-bond acceptors (Lipinski definition) is 6. The Labute approximate surface area is 145 Å². The molecule has 0 radical (unpaired) electrons. The number of amides is 1. The summed E-state index contributed by atoms with van der Waals surface area (Å²) in [7, 11) is 1.74. The number of carbonyl (C=O) groups excluding carboxylic acids is 1. The zero-order valence-electron chi connectivity index (χ0n) is 14.0. The Morgan fingerprint density at radius 3 is 3.04 bits per heavy atom. The van der Waals surface area contributed by atoms with Crippen molar-refractivity contribution in [3.05, 3.63) is 40.5 Å². The van der Waals surface area contributed by atoms with Crippen LogP contribution in [0.15, 0.2) is 29.9 Å². The van der Waals surface area contributed by atoms with Gasteiger partial charge >= 0.3 is 0 Å². The van der Waals surface area contributed by atoms with Crippen molar-refractivity contribution in [2.24, 2.45) is 0 Å². The van der Waals surface area contributed by atoms with Crippen LogP contribution in [0.3, 0.4) is 0 Å². The largest absolute Gasteiger partial charge is 0.386 e. The second kappa shape index (κ2) is 6.86. The van der Waals surface area contributed by atoms with Gasteiger partial charge in [0.05, 0.1) is 17.0 Å². The van der Waals surface area contributed by atoms with Crippen LogP contribution in [0.4, 0.5) is 5.82 Å². The lowest BCUT2D eigenvalue weighted by Crippen LogP contribution is -2.54. The lowest BCUT2D eigenvalue weighted by Gasteiger charge is -2.41.